The number of hydrogen-bond acceptors (Lipinski definition) is 5. The average Bonchev–Trinajstić information content (AvgIpc) is 3.07. The summed E-state index contributed by atoms with van der Waals surface area (Å²) >= 11 is 0. The smallest absolute Gasteiger partial charge is 0.364 e. The maximum atomic E-state index is 14.7. The molecule has 3 rings (SSSR count). The van der Waals surface area contributed by atoms with Crippen molar-refractivity contribution in [3.8, 4) is 0 Å². The van der Waals surface area contributed by atoms with Crippen LogP contribution in [0.15, 0.2) is 42.1 Å². The van der Waals surface area contributed by atoms with Crippen molar-refractivity contribution < 1.29 is 49.8 Å². The number of pyridine rings is 1. The first-order valence-corrected chi connectivity index (χ1v) is 10.5. The van der Waals surface area contributed by atoms with Gasteiger partial charge in [-0.1, -0.05) is 19.9 Å². The number of nitrogens with two attached hydrogens (primary N) is 1. The molecule has 1 saturated heterocycles. The molecule has 36 heavy (non-hydrogen) atoms. The van der Waals surface area contributed by atoms with E-state index in [0.717, 1.165) is 32.2 Å². The van der Waals surface area contributed by atoms with Gasteiger partial charge in [-0.3, -0.25) is 14.6 Å². The van der Waals surface area contributed by atoms with Gasteiger partial charge in [-0.15, -0.1) is 0 Å². The SMILES string of the molecule is C[C@@H]1[C@H](C2(C)C=CC(F)=C(F)C2OC(F)F)[C@@H](C(=O)Nc2ccnc(C(N)=O)c2)O[C@]1(C)C(F)(F)F. The second-order valence-corrected chi connectivity index (χ2v) is 8.91. The third kappa shape index (κ3) is 4.71. The molecule has 2 aliphatic rings. The lowest BCUT2D eigenvalue weighted by Crippen LogP contribution is -2.51. The number of amides is 2. The van der Waals surface area contributed by atoms with E-state index in [0.29, 0.717) is 13.0 Å². The quantitative estimate of drug-likeness (QED) is 0.535. The zero-order chi connectivity index (χ0) is 27.2. The van der Waals surface area contributed by atoms with E-state index in [4.69, 9.17) is 10.5 Å². The van der Waals surface area contributed by atoms with Gasteiger partial charge in [0, 0.05) is 29.1 Å². The number of primary amides is 1. The lowest BCUT2D eigenvalue weighted by Gasteiger charge is -2.44. The minimum absolute atomic E-state index is 0.0822. The molecule has 1 fully saturated rings. The Hall–Kier alpha value is -3.00. The molecule has 2 amide bonds. The van der Waals surface area contributed by atoms with Gasteiger partial charge < -0.3 is 20.5 Å². The molecule has 0 spiro atoms. The molecule has 6 atom stereocenters. The predicted octanol–water partition coefficient (Wildman–Crippen LogP) is 4.43. The predicted molar refractivity (Wildman–Crippen MR) is 111 cm³/mol. The van der Waals surface area contributed by atoms with Crippen molar-refractivity contribution >= 4 is 17.5 Å². The Kier molecular flexibility index (Phi) is 7.25. The van der Waals surface area contributed by atoms with E-state index >= 15 is 0 Å². The molecule has 0 radical (unpaired) electrons. The average molecular weight is 525 g/mol. The Balaban J connectivity index is 2.09. The summed E-state index contributed by atoms with van der Waals surface area (Å²) in [5.74, 6) is -8.68. The van der Waals surface area contributed by atoms with Crippen LogP contribution in [-0.2, 0) is 14.3 Å². The summed E-state index contributed by atoms with van der Waals surface area (Å²) in [6.07, 6.45) is -6.82. The van der Waals surface area contributed by atoms with Gasteiger partial charge in [0.2, 0.25) is 0 Å². The number of hydrogen-bond donors (Lipinski definition) is 2. The zero-order valence-electron chi connectivity index (χ0n) is 19.1. The Morgan fingerprint density at radius 3 is 2.44 bits per heavy atom. The molecule has 1 aliphatic heterocycles. The lowest BCUT2D eigenvalue weighted by molar-refractivity contribution is -0.272. The summed E-state index contributed by atoms with van der Waals surface area (Å²) in [5, 5.41) is 2.28. The molecule has 3 N–H and O–H groups in total. The maximum Gasteiger partial charge on any atom is 0.417 e. The number of nitrogens with one attached hydrogen (secondary N) is 1. The Morgan fingerprint density at radius 2 is 1.89 bits per heavy atom. The van der Waals surface area contributed by atoms with E-state index in [2.05, 4.69) is 15.0 Å². The van der Waals surface area contributed by atoms with Gasteiger partial charge in [-0.2, -0.15) is 22.0 Å². The Bertz CT molecular complexity index is 1110. The minimum Gasteiger partial charge on any atom is -0.364 e. The number of carbonyl (C=O) groups is 2. The van der Waals surface area contributed by atoms with Crippen LogP contribution in [0.4, 0.5) is 36.4 Å². The van der Waals surface area contributed by atoms with Gasteiger partial charge in [0.15, 0.2) is 17.3 Å². The van der Waals surface area contributed by atoms with Crippen LogP contribution in [0.1, 0.15) is 31.3 Å². The van der Waals surface area contributed by atoms with Gasteiger partial charge in [-0.25, -0.2) is 8.78 Å². The van der Waals surface area contributed by atoms with Gasteiger partial charge in [0.25, 0.3) is 11.8 Å². The van der Waals surface area contributed by atoms with E-state index in [1.54, 1.807) is 0 Å². The highest BCUT2D eigenvalue weighted by molar-refractivity contribution is 5.97. The standard InChI is InChI=1S/C22H22F7N3O4/c1-9-13(20(2)6-4-11(23)14(24)16(20)35-19(25)26)15(36-21(9,3)22(27,28)29)18(34)32-10-5-7-31-12(8-10)17(30)33/h4-9,13,15-16,19H,1-3H3,(H2,30,33)(H,31,32,34)/t9-,13+,15+,16?,20?,21+/m1/s1. The largest absolute Gasteiger partial charge is 0.417 e. The number of carbonyl (C=O) groups excluding carboxylic acids is 2. The van der Waals surface area contributed by atoms with E-state index < -0.39 is 71.3 Å². The van der Waals surface area contributed by atoms with Crippen molar-refractivity contribution in [1.29, 1.82) is 0 Å². The first-order valence-electron chi connectivity index (χ1n) is 10.5. The molecule has 2 heterocycles. The normalized spacial score (nSPS) is 32.8. The highest BCUT2D eigenvalue weighted by Crippen LogP contribution is 2.58. The molecule has 1 aliphatic carbocycles. The highest BCUT2D eigenvalue weighted by atomic mass is 19.4. The van der Waals surface area contributed by atoms with E-state index in [1.165, 1.54) is 6.07 Å². The van der Waals surface area contributed by atoms with E-state index in [1.807, 2.05) is 0 Å². The second-order valence-electron chi connectivity index (χ2n) is 8.91. The first-order chi connectivity index (χ1) is 16.5. The monoisotopic (exact) mass is 525 g/mol. The molecule has 198 valence electrons. The number of ether oxygens (including phenoxy) is 2. The van der Waals surface area contributed by atoms with Crippen LogP contribution in [0.2, 0.25) is 0 Å². The fourth-order valence-corrected chi connectivity index (χ4v) is 4.73. The van der Waals surface area contributed by atoms with Crippen LogP contribution < -0.4 is 11.1 Å². The number of aromatic nitrogens is 1. The maximum absolute atomic E-state index is 14.7. The van der Waals surface area contributed by atoms with Gasteiger partial charge >= 0.3 is 12.8 Å². The van der Waals surface area contributed by atoms with Crippen molar-refractivity contribution in [3.63, 3.8) is 0 Å². The fraction of sp³-hybridized carbons (Fsp3) is 0.500. The third-order valence-corrected chi connectivity index (χ3v) is 6.78. The fourth-order valence-electron chi connectivity index (χ4n) is 4.73. The van der Waals surface area contributed by atoms with Crippen LogP contribution in [0.25, 0.3) is 0 Å². The van der Waals surface area contributed by atoms with Crippen molar-refractivity contribution in [1.82, 2.24) is 4.98 Å². The van der Waals surface area contributed by atoms with Crippen LogP contribution in [0.3, 0.4) is 0 Å². The van der Waals surface area contributed by atoms with Crippen LogP contribution in [0.5, 0.6) is 0 Å². The number of nitrogens with zero attached hydrogens (tertiary/aromatic N) is 1. The van der Waals surface area contributed by atoms with Crippen molar-refractivity contribution in [2.24, 2.45) is 23.0 Å². The van der Waals surface area contributed by atoms with Crippen molar-refractivity contribution in [2.75, 3.05) is 5.32 Å². The second kappa shape index (κ2) is 9.47. The van der Waals surface area contributed by atoms with E-state index in [-0.39, 0.29) is 11.4 Å². The number of halogens is 7. The zero-order valence-corrected chi connectivity index (χ0v) is 19.1. The summed E-state index contributed by atoms with van der Waals surface area (Å²) in [7, 11) is 0. The van der Waals surface area contributed by atoms with Gasteiger partial charge in [-0.05, 0) is 25.1 Å². The van der Waals surface area contributed by atoms with Gasteiger partial charge in [0.1, 0.15) is 17.9 Å². The molecule has 2 unspecified atom stereocenters. The molecular formula is C22H22F7N3O4. The molecule has 7 nitrogen and oxygen atoms in total. The molecule has 0 bridgehead atoms. The summed E-state index contributed by atoms with van der Waals surface area (Å²) in [4.78, 5) is 28.2. The Labute approximate surface area is 200 Å². The summed E-state index contributed by atoms with van der Waals surface area (Å²) < 4.78 is 107. The topological polar surface area (TPSA) is 104 Å². The molecule has 0 aromatic carbocycles. The van der Waals surface area contributed by atoms with Crippen LogP contribution in [0, 0.1) is 17.3 Å². The molecule has 1 aromatic heterocycles. The summed E-state index contributed by atoms with van der Waals surface area (Å²) in [5.41, 5.74) is -0.269. The number of alkyl halides is 5. The summed E-state index contributed by atoms with van der Waals surface area (Å²) in [6, 6.07) is 2.27. The first kappa shape index (κ1) is 27.6. The van der Waals surface area contributed by atoms with Crippen LogP contribution in [-0.4, -0.2) is 47.4 Å². The van der Waals surface area contributed by atoms with Crippen molar-refractivity contribution in [2.45, 2.75) is 51.4 Å². The lowest BCUT2D eigenvalue weighted by atomic mass is 9.62. The molecule has 14 heteroatoms. The highest BCUT2D eigenvalue weighted by Gasteiger charge is 2.69. The van der Waals surface area contributed by atoms with Crippen LogP contribution >= 0.6 is 0 Å². The minimum atomic E-state index is -5.04. The number of allylic oxidation sites excluding steroid dienone is 2. The third-order valence-electron chi connectivity index (χ3n) is 6.78. The molecular weight excluding hydrogens is 503 g/mol. The Morgan fingerprint density at radius 1 is 1.25 bits per heavy atom. The number of anilines is 1. The molecule has 1 aromatic rings. The van der Waals surface area contributed by atoms with E-state index in [9.17, 15) is 40.3 Å². The number of rotatable bonds is 6. The van der Waals surface area contributed by atoms with Gasteiger partial charge in [0.05, 0.1) is 0 Å². The molecule has 0 saturated carbocycles. The van der Waals surface area contributed by atoms with Crippen molar-refractivity contribution in [3.05, 3.63) is 47.8 Å². The summed E-state index contributed by atoms with van der Waals surface area (Å²) in [6.45, 7) is -0.801.